The molecule has 20 heavy (non-hydrogen) atoms. The van der Waals surface area contributed by atoms with E-state index in [1.54, 1.807) is 12.1 Å². The zero-order valence-corrected chi connectivity index (χ0v) is 11.9. The molecule has 0 saturated carbocycles. The Hall–Kier alpha value is -1.80. The predicted molar refractivity (Wildman–Crippen MR) is 76.4 cm³/mol. The van der Waals surface area contributed by atoms with Crippen molar-refractivity contribution in [2.45, 2.75) is 0 Å². The maximum Gasteiger partial charge on any atom is 0.337 e. The molecule has 1 saturated heterocycles. The summed E-state index contributed by atoms with van der Waals surface area (Å²) in [6, 6.07) is 4.83. The number of anilines is 2. The van der Waals surface area contributed by atoms with Crippen LogP contribution in [0.3, 0.4) is 0 Å². The highest BCUT2D eigenvalue weighted by atomic mass is 32.2. The van der Waals surface area contributed by atoms with Gasteiger partial charge in [0.15, 0.2) is 0 Å². The van der Waals surface area contributed by atoms with Gasteiger partial charge in [0.1, 0.15) is 0 Å². The maximum absolute atomic E-state index is 11.4. The number of benzene rings is 1. The van der Waals surface area contributed by atoms with E-state index in [-0.39, 0.29) is 11.3 Å². The van der Waals surface area contributed by atoms with E-state index in [9.17, 15) is 13.2 Å². The van der Waals surface area contributed by atoms with Crippen molar-refractivity contribution in [3.05, 3.63) is 23.8 Å². The average molecular weight is 299 g/mol. The van der Waals surface area contributed by atoms with E-state index in [0.29, 0.717) is 26.2 Å². The van der Waals surface area contributed by atoms with E-state index in [4.69, 9.17) is 10.8 Å². The first-order chi connectivity index (χ1) is 9.29. The van der Waals surface area contributed by atoms with Crippen LogP contribution in [-0.4, -0.2) is 56.2 Å². The highest BCUT2D eigenvalue weighted by Gasteiger charge is 2.24. The van der Waals surface area contributed by atoms with Crippen molar-refractivity contribution in [2.75, 3.05) is 43.1 Å². The van der Waals surface area contributed by atoms with Gasteiger partial charge in [0, 0.05) is 37.6 Å². The van der Waals surface area contributed by atoms with Gasteiger partial charge in [0.05, 0.1) is 11.8 Å². The highest BCUT2D eigenvalue weighted by Crippen LogP contribution is 2.23. The van der Waals surface area contributed by atoms with Crippen molar-refractivity contribution in [2.24, 2.45) is 0 Å². The first-order valence-corrected chi connectivity index (χ1v) is 7.97. The van der Waals surface area contributed by atoms with Gasteiger partial charge in [-0.05, 0) is 18.2 Å². The van der Waals surface area contributed by atoms with E-state index in [2.05, 4.69) is 0 Å². The van der Waals surface area contributed by atoms with Gasteiger partial charge in [0.2, 0.25) is 10.0 Å². The Bertz CT molecular complexity index is 622. The van der Waals surface area contributed by atoms with Gasteiger partial charge in [-0.15, -0.1) is 0 Å². The Kier molecular flexibility index (Phi) is 3.87. The smallest absolute Gasteiger partial charge is 0.337 e. The van der Waals surface area contributed by atoms with Crippen LogP contribution in [0.5, 0.6) is 0 Å². The first-order valence-electron chi connectivity index (χ1n) is 6.12. The summed E-state index contributed by atoms with van der Waals surface area (Å²) in [6.07, 6.45) is 1.19. The van der Waals surface area contributed by atoms with Crippen molar-refractivity contribution >= 4 is 27.4 Å². The van der Waals surface area contributed by atoms with Crippen molar-refractivity contribution in [1.29, 1.82) is 0 Å². The summed E-state index contributed by atoms with van der Waals surface area (Å²) in [5.74, 6) is -1.07. The maximum atomic E-state index is 11.4. The Labute approximate surface area is 117 Å². The van der Waals surface area contributed by atoms with E-state index in [1.807, 2.05) is 4.90 Å². The summed E-state index contributed by atoms with van der Waals surface area (Å²) < 4.78 is 24.3. The normalized spacial score (nSPS) is 17.1. The molecule has 3 N–H and O–H groups in total. The minimum absolute atomic E-state index is 0.0630. The van der Waals surface area contributed by atoms with Crippen LogP contribution < -0.4 is 10.6 Å². The summed E-state index contributed by atoms with van der Waals surface area (Å²) in [7, 11) is -3.17. The second kappa shape index (κ2) is 5.29. The molecule has 1 aromatic carbocycles. The number of hydrogen-bond acceptors (Lipinski definition) is 5. The molecular formula is C12H17N3O4S. The number of carbonyl (C=O) groups is 1. The first kappa shape index (κ1) is 14.6. The lowest BCUT2D eigenvalue weighted by atomic mass is 10.1. The molecule has 1 heterocycles. The molecule has 0 atom stereocenters. The fourth-order valence-corrected chi connectivity index (χ4v) is 3.03. The summed E-state index contributed by atoms with van der Waals surface area (Å²) in [5, 5.41) is 9.05. The van der Waals surface area contributed by atoms with E-state index >= 15 is 0 Å². The van der Waals surface area contributed by atoms with Crippen LogP contribution in [0.1, 0.15) is 10.4 Å². The van der Waals surface area contributed by atoms with Crippen molar-refractivity contribution in [3.63, 3.8) is 0 Å². The van der Waals surface area contributed by atoms with Crippen LogP contribution in [0, 0.1) is 0 Å². The van der Waals surface area contributed by atoms with Gasteiger partial charge in [0.25, 0.3) is 0 Å². The summed E-state index contributed by atoms with van der Waals surface area (Å²) in [5.41, 5.74) is 6.63. The molecule has 1 aliphatic heterocycles. The number of hydrogen-bond donors (Lipinski definition) is 2. The van der Waals surface area contributed by atoms with Crippen molar-refractivity contribution in [3.8, 4) is 0 Å². The topological polar surface area (TPSA) is 104 Å². The molecule has 0 aliphatic carbocycles. The quantitative estimate of drug-likeness (QED) is 0.764. The standard InChI is InChI=1S/C12H17N3O4S/c1-20(18,19)15-6-4-14(5-7-15)9-2-3-11(13)10(8-9)12(16)17/h2-3,8H,4-7,13H2,1H3,(H,16,17). The number of aromatic carboxylic acids is 1. The van der Waals surface area contributed by atoms with E-state index in [1.165, 1.54) is 16.6 Å². The Morgan fingerprint density at radius 3 is 2.35 bits per heavy atom. The number of sulfonamides is 1. The number of piperazine rings is 1. The summed E-state index contributed by atoms with van der Waals surface area (Å²) in [6.45, 7) is 1.84. The minimum atomic E-state index is -3.17. The molecule has 0 bridgehead atoms. The number of nitrogen functional groups attached to an aromatic ring is 1. The fourth-order valence-electron chi connectivity index (χ4n) is 2.20. The van der Waals surface area contributed by atoms with Gasteiger partial charge in [-0.3, -0.25) is 0 Å². The van der Waals surface area contributed by atoms with Gasteiger partial charge >= 0.3 is 5.97 Å². The lowest BCUT2D eigenvalue weighted by Gasteiger charge is -2.34. The Morgan fingerprint density at radius 1 is 1.25 bits per heavy atom. The Morgan fingerprint density at radius 2 is 1.85 bits per heavy atom. The number of rotatable bonds is 3. The Balaban J connectivity index is 2.15. The lowest BCUT2D eigenvalue weighted by molar-refractivity contribution is 0.0698. The second-order valence-electron chi connectivity index (χ2n) is 4.73. The molecular weight excluding hydrogens is 282 g/mol. The number of carboxylic acids is 1. The summed E-state index contributed by atoms with van der Waals surface area (Å²) in [4.78, 5) is 13.0. The minimum Gasteiger partial charge on any atom is -0.478 e. The van der Waals surface area contributed by atoms with Crippen LogP contribution in [-0.2, 0) is 10.0 Å². The molecule has 8 heteroatoms. The molecule has 7 nitrogen and oxygen atoms in total. The van der Waals surface area contributed by atoms with Crippen LogP contribution in [0.25, 0.3) is 0 Å². The highest BCUT2D eigenvalue weighted by molar-refractivity contribution is 7.88. The molecule has 0 radical (unpaired) electrons. The number of nitrogens with zero attached hydrogens (tertiary/aromatic N) is 2. The third-order valence-electron chi connectivity index (χ3n) is 3.34. The molecule has 1 aliphatic rings. The van der Waals surface area contributed by atoms with Gasteiger partial charge in [-0.25, -0.2) is 13.2 Å². The lowest BCUT2D eigenvalue weighted by Crippen LogP contribution is -2.48. The van der Waals surface area contributed by atoms with Crippen LogP contribution >= 0.6 is 0 Å². The molecule has 0 amide bonds. The molecule has 1 aromatic rings. The molecule has 110 valence electrons. The fraction of sp³-hybridized carbons (Fsp3) is 0.417. The molecule has 0 spiro atoms. The zero-order valence-electron chi connectivity index (χ0n) is 11.1. The van der Waals surface area contributed by atoms with Crippen LogP contribution in [0.15, 0.2) is 18.2 Å². The van der Waals surface area contributed by atoms with E-state index in [0.717, 1.165) is 5.69 Å². The summed E-state index contributed by atoms with van der Waals surface area (Å²) >= 11 is 0. The van der Waals surface area contributed by atoms with Gasteiger partial charge in [-0.2, -0.15) is 4.31 Å². The molecule has 1 fully saturated rings. The average Bonchev–Trinajstić information content (AvgIpc) is 2.38. The zero-order chi connectivity index (χ0) is 14.9. The van der Waals surface area contributed by atoms with Crippen LogP contribution in [0.2, 0.25) is 0 Å². The predicted octanol–water partition coefficient (Wildman–Crippen LogP) is 0.0486. The third kappa shape index (κ3) is 3.02. The van der Waals surface area contributed by atoms with Gasteiger partial charge in [-0.1, -0.05) is 0 Å². The largest absolute Gasteiger partial charge is 0.478 e. The number of carboxylic acid groups (broad SMARTS) is 1. The van der Waals surface area contributed by atoms with Crippen LogP contribution in [0.4, 0.5) is 11.4 Å². The second-order valence-corrected chi connectivity index (χ2v) is 6.71. The molecule has 2 rings (SSSR count). The van der Waals surface area contributed by atoms with E-state index < -0.39 is 16.0 Å². The van der Waals surface area contributed by atoms with Crippen molar-refractivity contribution in [1.82, 2.24) is 4.31 Å². The molecule has 0 aromatic heterocycles. The van der Waals surface area contributed by atoms with Gasteiger partial charge < -0.3 is 15.7 Å². The monoisotopic (exact) mass is 299 g/mol. The SMILES string of the molecule is CS(=O)(=O)N1CCN(c2ccc(N)c(C(=O)O)c2)CC1. The number of nitrogens with two attached hydrogens (primary N) is 1. The molecule has 0 unspecified atom stereocenters. The third-order valence-corrected chi connectivity index (χ3v) is 4.64. The van der Waals surface area contributed by atoms with Crippen molar-refractivity contribution < 1.29 is 18.3 Å².